The smallest absolute Gasteiger partial charge is 0.307 e. The fraction of sp³-hybridized carbons (Fsp3) is 0.706. The average Bonchev–Trinajstić information content (AvgIpc) is 2.25. The van der Waals surface area contributed by atoms with Crippen LogP contribution in [0.3, 0.4) is 0 Å². The maximum absolute atomic E-state index is 10.5. The van der Waals surface area contributed by atoms with Gasteiger partial charge in [0.15, 0.2) is 0 Å². The summed E-state index contributed by atoms with van der Waals surface area (Å²) >= 11 is 0. The van der Waals surface area contributed by atoms with Gasteiger partial charge in [0.2, 0.25) is 0 Å². The van der Waals surface area contributed by atoms with Gasteiger partial charge in [-0.05, 0) is 68.6 Å². The molecule has 4 fully saturated rings. The summed E-state index contributed by atoms with van der Waals surface area (Å²) in [6.07, 6.45) is 14.9. The average molecular weight is 260 g/mol. The van der Waals surface area contributed by atoms with Crippen LogP contribution in [-0.2, 0) is 4.79 Å². The van der Waals surface area contributed by atoms with Gasteiger partial charge >= 0.3 is 5.97 Å². The van der Waals surface area contributed by atoms with Gasteiger partial charge < -0.3 is 5.11 Å². The summed E-state index contributed by atoms with van der Waals surface area (Å²) in [5, 5.41) is 8.66. The third kappa shape index (κ3) is 2.77. The van der Waals surface area contributed by atoms with E-state index in [2.05, 4.69) is 13.0 Å². The third-order valence-corrected chi connectivity index (χ3v) is 5.29. The summed E-state index contributed by atoms with van der Waals surface area (Å²) in [5.74, 6) is 2.16. The molecule has 2 heteroatoms. The van der Waals surface area contributed by atoms with E-state index in [1.54, 1.807) is 6.08 Å². The SMILES string of the molecule is CC(/C=C/CC(=O)O)=C\C12CC3CC(CC(C3)C1)C2. The van der Waals surface area contributed by atoms with Crippen LogP contribution >= 0.6 is 0 Å². The lowest BCUT2D eigenvalue weighted by Gasteiger charge is -2.56. The first kappa shape index (κ1) is 13.0. The molecular weight excluding hydrogens is 236 g/mol. The highest BCUT2D eigenvalue weighted by molar-refractivity contribution is 5.68. The van der Waals surface area contributed by atoms with E-state index < -0.39 is 5.97 Å². The highest BCUT2D eigenvalue weighted by Crippen LogP contribution is 2.60. The molecular formula is C17H24O2. The molecule has 0 aromatic rings. The van der Waals surface area contributed by atoms with E-state index >= 15 is 0 Å². The van der Waals surface area contributed by atoms with Crippen LogP contribution in [0.5, 0.6) is 0 Å². The van der Waals surface area contributed by atoms with E-state index in [0.717, 1.165) is 17.8 Å². The van der Waals surface area contributed by atoms with Crippen molar-refractivity contribution in [2.24, 2.45) is 23.2 Å². The van der Waals surface area contributed by atoms with Crippen molar-refractivity contribution in [2.45, 2.75) is 51.9 Å². The molecule has 4 rings (SSSR count). The van der Waals surface area contributed by atoms with Crippen molar-refractivity contribution in [3.63, 3.8) is 0 Å². The van der Waals surface area contributed by atoms with Crippen molar-refractivity contribution < 1.29 is 9.90 Å². The largest absolute Gasteiger partial charge is 0.481 e. The molecule has 0 unspecified atom stereocenters. The van der Waals surface area contributed by atoms with Crippen molar-refractivity contribution >= 4 is 5.97 Å². The Morgan fingerprint density at radius 3 is 2.16 bits per heavy atom. The number of rotatable bonds is 4. The first-order chi connectivity index (χ1) is 9.05. The highest BCUT2D eigenvalue weighted by Gasteiger charge is 2.49. The molecule has 0 aromatic carbocycles. The molecule has 104 valence electrons. The van der Waals surface area contributed by atoms with Crippen molar-refractivity contribution in [3.8, 4) is 0 Å². The summed E-state index contributed by atoms with van der Waals surface area (Å²) in [5.41, 5.74) is 1.70. The van der Waals surface area contributed by atoms with Crippen molar-refractivity contribution in [2.75, 3.05) is 0 Å². The predicted molar refractivity (Wildman–Crippen MR) is 75.8 cm³/mol. The Morgan fingerprint density at radius 1 is 1.16 bits per heavy atom. The van der Waals surface area contributed by atoms with E-state index in [0.29, 0.717) is 5.41 Å². The predicted octanol–water partition coefficient (Wildman–Crippen LogP) is 4.18. The zero-order valence-electron chi connectivity index (χ0n) is 11.8. The van der Waals surface area contributed by atoms with E-state index in [-0.39, 0.29) is 6.42 Å². The molecule has 0 spiro atoms. The van der Waals surface area contributed by atoms with Gasteiger partial charge in [-0.15, -0.1) is 0 Å². The Balaban J connectivity index is 1.71. The maximum Gasteiger partial charge on any atom is 0.307 e. The maximum atomic E-state index is 10.5. The van der Waals surface area contributed by atoms with Gasteiger partial charge in [0.25, 0.3) is 0 Å². The monoisotopic (exact) mass is 260 g/mol. The van der Waals surface area contributed by atoms with Gasteiger partial charge in [-0.2, -0.15) is 0 Å². The Hall–Kier alpha value is -1.05. The van der Waals surface area contributed by atoms with Gasteiger partial charge in [-0.3, -0.25) is 4.79 Å². The molecule has 0 atom stereocenters. The number of allylic oxidation sites excluding steroid dienone is 3. The van der Waals surface area contributed by atoms with E-state index in [4.69, 9.17) is 5.11 Å². The molecule has 0 heterocycles. The summed E-state index contributed by atoms with van der Waals surface area (Å²) in [6.45, 7) is 2.12. The van der Waals surface area contributed by atoms with Crippen LogP contribution in [0.15, 0.2) is 23.8 Å². The number of carboxylic acid groups (broad SMARTS) is 1. The number of hydrogen-bond donors (Lipinski definition) is 1. The summed E-state index contributed by atoms with van der Waals surface area (Å²) in [7, 11) is 0. The molecule has 19 heavy (non-hydrogen) atoms. The number of carbonyl (C=O) groups is 1. The molecule has 4 saturated carbocycles. The third-order valence-electron chi connectivity index (χ3n) is 5.29. The van der Waals surface area contributed by atoms with Crippen molar-refractivity contribution in [1.82, 2.24) is 0 Å². The van der Waals surface area contributed by atoms with Crippen LogP contribution in [0.4, 0.5) is 0 Å². The molecule has 0 amide bonds. The zero-order chi connectivity index (χ0) is 13.5. The van der Waals surface area contributed by atoms with Crippen LogP contribution in [-0.4, -0.2) is 11.1 Å². The summed E-state index contributed by atoms with van der Waals surface area (Å²) in [6, 6.07) is 0. The lowest BCUT2D eigenvalue weighted by molar-refractivity contribution is -0.136. The summed E-state index contributed by atoms with van der Waals surface area (Å²) in [4.78, 5) is 10.5. The minimum atomic E-state index is -0.751. The quantitative estimate of drug-likeness (QED) is 0.770. The number of hydrogen-bond acceptors (Lipinski definition) is 1. The lowest BCUT2D eigenvalue weighted by Crippen LogP contribution is -2.45. The molecule has 4 aliphatic rings. The lowest BCUT2D eigenvalue weighted by atomic mass is 9.49. The number of aliphatic carboxylic acids is 1. The van der Waals surface area contributed by atoms with Crippen LogP contribution in [0, 0.1) is 23.2 Å². The second-order valence-electron chi connectivity index (χ2n) is 7.17. The Kier molecular flexibility index (Phi) is 3.28. The van der Waals surface area contributed by atoms with E-state index in [1.807, 2.05) is 6.08 Å². The Bertz CT molecular complexity index is 395. The molecule has 2 nitrogen and oxygen atoms in total. The normalized spacial score (nSPS) is 41.1. The molecule has 0 radical (unpaired) electrons. The van der Waals surface area contributed by atoms with Gasteiger partial charge in [-0.1, -0.05) is 23.8 Å². The summed E-state index contributed by atoms with van der Waals surface area (Å²) < 4.78 is 0. The van der Waals surface area contributed by atoms with Crippen molar-refractivity contribution in [3.05, 3.63) is 23.8 Å². The molecule has 4 bridgehead atoms. The van der Waals surface area contributed by atoms with Crippen LogP contribution in [0.25, 0.3) is 0 Å². The van der Waals surface area contributed by atoms with Gasteiger partial charge in [0, 0.05) is 0 Å². The minimum absolute atomic E-state index is 0.131. The minimum Gasteiger partial charge on any atom is -0.481 e. The molecule has 0 aromatic heterocycles. The van der Waals surface area contributed by atoms with Crippen LogP contribution in [0.2, 0.25) is 0 Å². The first-order valence-corrected chi connectivity index (χ1v) is 7.62. The second kappa shape index (κ2) is 4.81. The molecule has 4 aliphatic carbocycles. The highest BCUT2D eigenvalue weighted by atomic mass is 16.4. The Labute approximate surface area is 115 Å². The topological polar surface area (TPSA) is 37.3 Å². The van der Waals surface area contributed by atoms with Gasteiger partial charge in [-0.25, -0.2) is 0 Å². The fourth-order valence-corrected chi connectivity index (χ4v) is 5.23. The standard InChI is InChI=1S/C17H24O2/c1-12(3-2-4-16(18)19)8-17-9-13-5-14(10-17)7-15(6-13)11-17/h2-3,8,13-15H,4-7,9-11H2,1H3,(H,18,19)/b3-2+,12-8+. The Morgan fingerprint density at radius 2 is 1.68 bits per heavy atom. The van der Waals surface area contributed by atoms with Crippen molar-refractivity contribution in [1.29, 1.82) is 0 Å². The number of carboxylic acids is 1. The molecule has 1 N–H and O–H groups in total. The second-order valence-corrected chi connectivity index (χ2v) is 7.17. The van der Waals surface area contributed by atoms with E-state index in [1.165, 1.54) is 44.1 Å². The first-order valence-electron chi connectivity index (χ1n) is 7.62. The molecule has 0 aliphatic heterocycles. The van der Waals surface area contributed by atoms with Crippen LogP contribution < -0.4 is 0 Å². The van der Waals surface area contributed by atoms with Gasteiger partial charge in [0.05, 0.1) is 6.42 Å². The van der Waals surface area contributed by atoms with Gasteiger partial charge in [0.1, 0.15) is 0 Å². The molecule has 0 saturated heterocycles. The zero-order valence-corrected chi connectivity index (χ0v) is 11.8. The van der Waals surface area contributed by atoms with E-state index in [9.17, 15) is 4.79 Å². The fourth-order valence-electron chi connectivity index (χ4n) is 5.23. The van der Waals surface area contributed by atoms with Crippen LogP contribution in [0.1, 0.15) is 51.9 Å².